The molecule has 0 saturated carbocycles. The Morgan fingerprint density at radius 2 is 1.65 bits per heavy atom. The van der Waals surface area contributed by atoms with E-state index >= 15 is 0 Å². The first-order chi connectivity index (χ1) is 14.6. The molecule has 0 aliphatic rings. The molecule has 0 aliphatic carbocycles. The van der Waals surface area contributed by atoms with Gasteiger partial charge in [-0.15, -0.1) is 0 Å². The normalized spacial score (nSPS) is 11.7. The average Bonchev–Trinajstić information content (AvgIpc) is 2.72. The summed E-state index contributed by atoms with van der Waals surface area (Å²) in [5.41, 5.74) is -0.601. The fraction of sp³-hybridized carbons (Fsp3) is 0.211. The first kappa shape index (κ1) is 24.1. The topological polar surface area (TPSA) is 84.5 Å². The summed E-state index contributed by atoms with van der Waals surface area (Å²) < 4.78 is 69.1. The number of halogens is 5. The third-order valence-corrected chi connectivity index (χ3v) is 4.42. The molecule has 12 heteroatoms. The molecule has 0 radical (unpaired) electrons. The van der Waals surface area contributed by atoms with Gasteiger partial charge in [0.2, 0.25) is 5.91 Å². The number of hydrogen-bond acceptors (Lipinski definition) is 5. The number of anilines is 1. The van der Waals surface area contributed by atoms with Crippen LogP contribution in [0.3, 0.4) is 0 Å². The highest BCUT2D eigenvalue weighted by molar-refractivity contribution is 7.99. The van der Waals surface area contributed by atoms with Crippen LogP contribution in [0.1, 0.15) is 17.3 Å². The van der Waals surface area contributed by atoms with Crippen molar-refractivity contribution in [2.45, 2.75) is 23.7 Å². The molecule has 2 N–H and O–H groups in total. The van der Waals surface area contributed by atoms with Gasteiger partial charge in [-0.25, -0.2) is 18.0 Å². The van der Waals surface area contributed by atoms with Crippen LogP contribution in [0.4, 0.5) is 27.6 Å². The van der Waals surface area contributed by atoms with Crippen molar-refractivity contribution >= 4 is 35.2 Å². The standard InChI is InChI=1S/C19H15F5N2O4S/c1-9(30-18(29)10-2-4-11(5-3-10)31-19(23)24)17(28)25-8-14(27)26-13-7-6-12(20)15(21)16(13)22/h2-7,9,19H,8H2,1H3,(H,25,28)(H,26,27). The van der Waals surface area contributed by atoms with Gasteiger partial charge in [0.25, 0.3) is 11.7 Å². The minimum Gasteiger partial charge on any atom is -0.449 e. The van der Waals surface area contributed by atoms with Gasteiger partial charge in [0.15, 0.2) is 23.6 Å². The number of ether oxygens (including phenoxy) is 1. The molecule has 6 nitrogen and oxygen atoms in total. The number of amides is 2. The van der Waals surface area contributed by atoms with E-state index in [9.17, 15) is 36.3 Å². The van der Waals surface area contributed by atoms with Crippen LogP contribution in [-0.4, -0.2) is 36.2 Å². The van der Waals surface area contributed by atoms with Crippen LogP contribution in [0.5, 0.6) is 0 Å². The molecule has 0 heterocycles. The Hall–Kier alpha value is -3.15. The fourth-order valence-electron chi connectivity index (χ4n) is 2.18. The SMILES string of the molecule is CC(OC(=O)c1ccc(SC(F)F)cc1)C(=O)NCC(=O)Nc1ccc(F)c(F)c1F. The molecule has 0 bridgehead atoms. The van der Waals surface area contributed by atoms with Crippen molar-refractivity contribution in [1.82, 2.24) is 5.32 Å². The van der Waals surface area contributed by atoms with Gasteiger partial charge in [0.1, 0.15) is 0 Å². The second kappa shape index (κ2) is 10.8. The van der Waals surface area contributed by atoms with Crippen molar-refractivity contribution in [2.24, 2.45) is 0 Å². The Morgan fingerprint density at radius 1 is 1.00 bits per heavy atom. The van der Waals surface area contributed by atoms with E-state index in [2.05, 4.69) is 5.32 Å². The lowest BCUT2D eigenvalue weighted by Gasteiger charge is -2.14. The lowest BCUT2D eigenvalue weighted by molar-refractivity contribution is -0.130. The Bertz CT molecular complexity index is 973. The number of nitrogens with one attached hydrogen (secondary N) is 2. The predicted molar refractivity (Wildman–Crippen MR) is 101 cm³/mol. The second-order valence-corrected chi connectivity index (χ2v) is 7.00. The van der Waals surface area contributed by atoms with Gasteiger partial charge in [-0.2, -0.15) is 8.78 Å². The third-order valence-electron chi connectivity index (χ3n) is 3.70. The van der Waals surface area contributed by atoms with Gasteiger partial charge in [-0.05, 0) is 43.3 Å². The maximum Gasteiger partial charge on any atom is 0.338 e. The quantitative estimate of drug-likeness (QED) is 0.270. The lowest BCUT2D eigenvalue weighted by atomic mass is 10.2. The van der Waals surface area contributed by atoms with Crippen LogP contribution in [0.15, 0.2) is 41.3 Å². The van der Waals surface area contributed by atoms with E-state index < -0.39 is 59.3 Å². The van der Waals surface area contributed by atoms with Gasteiger partial charge in [0.05, 0.1) is 17.8 Å². The molecule has 1 atom stereocenters. The second-order valence-electron chi connectivity index (χ2n) is 5.94. The van der Waals surface area contributed by atoms with E-state index in [4.69, 9.17) is 4.74 Å². The van der Waals surface area contributed by atoms with Crippen molar-refractivity contribution < 1.29 is 41.1 Å². The molecule has 0 fully saturated rings. The molecule has 31 heavy (non-hydrogen) atoms. The molecule has 2 aromatic rings. The summed E-state index contributed by atoms with van der Waals surface area (Å²) in [6.07, 6.45) is -1.32. The highest BCUT2D eigenvalue weighted by Crippen LogP contribution is 2.25. The molecule has 2 rings (SSSR count). The zero-order valence-electron chi connectivity index (χ0n) is 15.8. The van der Waals surface area contributed by atoms with Crippen LogP contribution in [-0.2, 0) is 14.3 Å². The monoisotopic (exact) mass is 462 g/mol. The van der Waals surface area contributed by atoms with E-state index in [0.29, 0.717) is 17.8 Å². The maximum absolute atomic E-state index is 13.5. The molecule has 0 aliphatic heterocycles. The first-order valence-electron chi connectivity index (χ1n) is 8.55. The highest BCUT2D eigenvalue weighted by atomic mass is 32.2. The Kier molecular flexibility index (Phi) is 8.37. The molecule has 0 saturated heterocycles. The van der Waals surface area contributed by atoms with E-state index in [0.717, 1.165) is 6.07 Å². The molecule has 0 spiro atoms. The maximum atomic E-state index is 13.5. The molecule has 166 valence electrons. The number of esters is 1. The minimum absolute atomic E-state index is 0.0184. The van der Waals surface area contributed by atoms with Crippen molar-refractivity contribution in [3.8, 4) is 0 Å². The van der Waals surface area contributed by atoms with Crippen molar-refractivity contribution in [2.75, 3.05) is 11.9 Å². The lowest BCUT2D eigenvalue weighted by Crippen LogP contribution is -2.40. The molecular formula is C19H15F5N2O4S. The summed E-state index contributed by atoms with van der Waals surface area (Å²) in [7, 11) is 0. The van der Waals surface area contributed by atoms with Crippen LogP contribution < -0.4 is 10.6 Å². The predicted octanol–water partition coefficient (Wildman–Crippen LogP) is 3.72. The Labute approximate surface area is 177 Å². The van der Waals surface area contributed by atoms with E-state index in [1.165, 1.54) is 31.2 Å². The summed E-state index contributed by atoms with van der Waals surface area (Å²) in [6.45, 7) is 0.555. The van der Waals surface area contributed by atoms with Gasteiger partial charge in [-0.1, -0.05) is 11.8 Å². The highest BCUT2D eigenvalue weighted by Gasteiger charge is 2.20. The number of benzene rings is 2. The number of thioether (sulfide) groups is 1. The largest absolute Gasteiger partial charge is 0.449 e. The smallest absolute Gasteiger partial charge is 0.338 e. The van der Waals surface area contributed by atoms with Gasteiger partial charge < -0.3 is 15.4 Å². The minimum atomic E-state index is -2.61. The summed E-state index contributed by atoms with van der Waals surface area (Å²) in [5.74, 6) is -10.1. The zero-order chi connectivity index (χ0) is 23.1. The molecule has 0 aromatic heterocycles. The molecular weight excluding hydrogens is 447 g/mol. The Balaban J connectivity index is 1.84. The van der Waals surface area contributed by atoms with Crippen molar-refractivity contribution in [3.05, 3.63) is 59.4 Å². The molecule has 2 amide bonds. The van der Waals surface area contributed by atoms with E-state index in [-0.39, 0.29) is 10.5 Å². The first-order valence-corrected chi connectivity index (χ1v) is 9.43. The molecule has 2 aromatic carbocycles. The third kappa shape index (κ3) is 6.95. The van der Waals surface area contributed by atoms with Gasteiger partial charge >= 0.3 is 5.97 Å². The summed E-state index contributed by atoms with van der Waals surface area (Å²) in [5, 5.41) is 4.09. The van der Waals surface area contributed by atoms with Crippen LogP contribution >= 0.6 is 11.8 Å². The number of hydrogen-bond donors (Lipinski definition) is 2. The van der Waals surface area contributed by atoms with E-state index in [1.54, 1.807) is 0 Å². The number of carbonyl (C=O) groups excluding carboxylic acids is 3. The van der Waals surface area contributed by atoms with Crippen LogP contribution in [0.25, 0.3) is 0 Å². The van der Waals surface area contributed by atoms with E-state index in [1.807, 2.05) is 5.32 Å². The van der Waals surface area contributed by atoms with Crippen LogP contribution in [0.2, 0.25) is 0 Å². The number of carbonyl (C=O) groups is 3. The summed E-state index contributed by atoms with van der Waals surface area (Å²) >= 11 is 0.299. The fourth-order valence-corrected chi connectivity index (χ4v) is 2.68. The molecule has 1 unspecified atom stereocenters. The summed E-state index contributed by atoms with van der Waals surface area (Å²) in [6, 6.07) is 6.51. The Morgan fingerprint density at radius 3 is 2.26 bits per heavy atom. The zero-order valence-corrected chi connectivity index (χ0v) is 16.6. The van der Waals surface area contributed by atoms with Crippen LogP contribution in [0, 0.1) is 17.5 Å². The number of alkyl halides is 2. The summed E-state index contributed by atoms with van der Waals surface area (Å²) in [4.78, 5) is 36.0. The number of rotatable bonds is 8. The van der Waals surface area contributed by atoms with Crippen molar-refractivity contribution in [3.63, 3.8) is 0 Å². The van der Waals surface area contributed by atoms with Crippen molar-refractivity contribution in [1.29, 1.82) is 0 Å². The van der Waals surface area contributed by atoms with Gasteiger partial charge in [0, 0.05) is 4.90 Å². The van der Waals surface area contributed by atoms with Gasteiger partial charge in [-0.3, -0.25) is 9.59 Å². The average molecular weight is 462 g/mol.